The minimum atomic E-state index is -0.101. The molecule has 2 aromatic carbocycles. The Balaban J connectivity index is 1.95. The highest BCUT2D eigenvalue weighted by Crippen LogP contribution is 2.26. The summed E-state index contributed by atoms with van der Waals surface area (Å²) in [5.41, 5.74) is 2.01. The van der Waals surface area contributed by atoms with E-state index >= 15 is 0 Å². The zero-order chi connectivity index (χ0) is 17.2. The van der Waals surface area contributed by atoms with Crippen molar-refractivity contribution in [1.82, 2.24) is 9.97 Å². The van der Waals surface area contributed by atoms with Crippen molar-refractivity contribution in [2.45, 2.75) is 32.7 Å². The van der Waals surface area contributed by atoms with E-state index < -0.39 is 0 Å². The Hall–Kier alpha value is -2.62. The molecular formula is C20H23N3O. The van der Waals surface area contributed by atoms with Gasteiger partial charge in [-0.3, -0.25) is 0 Å². The Labute approximate surface area is 142 Å². The molecule has 4 heteroatoms. The molecule has 0 atom stereocenters. The smallest absolute Gasteiger partial charge is 0.137 e. The first kappa shape index (κ1) is 16.2. The van der Waals surface area contributed by atoms with Crippen LogP contribution in [0.2, 0.25) is 0 Å². The van der Waals surface area contributed by atoms with Crippen molar-refractivity contribution in [3.63, 3.8) is 0 Å². The molecule has 1 N–H and O–H groups in total. The van der Waals surface area contributed by atoms with E-state index in [1.165, 1.54) is 0 Å². The van der Waals surface area contributed by atoms with Crippen LogP contribution in [0.25, 0.3) is 10.9 Å². The molecule has 3 rings (SSSR count). The monoisotopic (exact) mass is 321 g/mol. The maximum absolute atomic E-state index is 5.29. The molecule has 24 heavy (non-hydrogen) atoms. The van der Waals surface area contributed by atoms with Gasteiger partial charge < -0.3 is 10.1 Å². The summed E-state index contributed by atoms with van der Waals surface area (Å²) in [6, 6.07) is 16.1. The summed E-state index contributed by atoms with van der Waals surface area (Å²) in [6.45, 7) is 7.07. The first-order valence-corrected chi connectivity index (χ1v) is 8.11. The molecule has 1 aromatic heterocycles. The standard InChI is InChI=1S/C20H23N3O/c1-20(2,3)19-22-17-11-6-5-10-16(17)18(23-19)21-13-14-8-7-9-15(12-14)24-4/h5-12H,13H2,1-4H3,(H,21,22,23). The van der Waals surface area contributed by atoms with Gasteiger partial charge in [0.05, 0.1) is 12.6 Å². The molecular weight excluding hydrogens is 298 g/mol. The van der Waals surface area contributed by atoms with Crippen molar-refractivity contribution in [2.75, 3.05) is 12.4 Å². The molecule has 0 unspecified atom stereocenters. The van der Waals surface area contributed by atoms with Crippen molar-refractivity contribution in [1.29, 1.82) is 0 Å². The van der Waals surface area contributed by atoms with E-state index in [2.05, 4.69) is 38.2 Å². The fourth-order valence-electron chi connectivity index (χ4n) is 2.51. The van der Waals surface area contributed by atoms with E-state index in [1.807, 2.05) is 36.4 Å². The van der Waals surface area contributed by atoms with Gasteiger partial charge in [0.2, 0.25) is 0 Å². The maximum Gasteiger partial charge on any atom is 0.137 e. The van der Waals surface area contributed by atoms with E-state index in [0.717, 1.165) is 33.9 Å². The van der Waals surface area contributed by atoms with Crippen LogP contribution >= 0.6 is 0 Å². The molecule has 0 spiro atoms. The van der Waals surface area contributed by atoms with E-state index in [1.54, 1.807) is 7.11 Å². The van der Waals surface area contributed by atoms with Crippen molar-refractivity contribution in [3.05, 3.63) is 59.9 Å². The van der Waals surface area contributed by atoms with E-state index in [4.69, 9.17) is 14.7 Å². The minimum Gasteiger partial charge on any atom is -0.497 e. The predicted octanol–water partition coefficient (Wildman–Crippen LogP) is 4.55. The third kappa shape index (κ3) is 3.48. The molecule has 124 valence electrons. The lowest BCUT2D eigenvalue weighted by atomic mass is 9.95. The van der Waals surface area contributed by atoms with Gasteiger partial charge in [-0.2, -0.15) is 0 Å². The van der Waals surface area contributed by atoms with Gasteiger partial charge in [-0.25, -0.2) is 9.97 Å². The van der Waals surface area contributed by atoms with Crippen LogP contribution < -0.4 is 10.1 Å². The summed E-state index contributed by atoms with van der Waals surface area (Å²) in [5.74, 6) is 2.57. The van der Waals surface area contributed by atoms with Gasteiger partial charge in [-0.15, -0.1) is 0 Å². The van der Waals surface area contributed by atoms with E-state index in [0.29, 0.717) is 6.54 Å². The van der Waals surface area contributed by atoms with Crippen LogP contribution in [0.1, 0.15) is 32.2 Å². The number of fused-ring (bicyclic) bond motifs is 1. The molecule has 0 saturated heterocycles. The van der Waals surface area contributed by atoms with Gasteiger partial charge in [0, 0.05) is 17.3 Å². The molecule has 4 nitrogen and oxygen atoms in total. The summed E-state index contributed by atoms with van der Waals surface area (Å²) in [4.78, 5) is 9.49. The minimum absolute atomic E-state index is 0.101. The summed E-state index contributed by atoms with van der Waals surface area (Å²) in [5, 5.41) is 4.50. The summed E-state index contributed by atoms with van der Waals surface area (Å²) in [6.07, 6.45) is 0. The van der Waals surface area contributed by atoms with E-state index in [-0.39, 0.29) is 5.41 Å². The zero-order valence-electron chi connectivity index (χ0n) is 14.6. The number of benzene rings is 2. The van der Waals surface area contributed by atoms with Crippen LogP contribution in [0.15, 0.2) is 48.5 Å². The number of ether oxygens (including phenoxy) is 1. The molecule has 0 aliphatic carbocycles. The first-order chi connectivity index (χ1) is 11.5. The third-order valence-corrected chi connectivity index (χ3v) is 3.87. The number of nitrogens with one attached hydrogen (secondary N) is 1. The number of para-hydroxylation sites is 1. The van der Waals surface area contributed by atoms with Crippen molar-refractivity contribution in [3.8, 4) is 5.75 Å². The molecule has 0 fully saturated rings. The molecule has 1 heterocycles. The van der Waals surface area contributed by atoms with Crippen molar-refractivity contribution in [2.24, 2.45) is 0 Å². The molecule has 0 aliphatic rings. The number of methoxy groups -OCH3 is 1. The van der Waals surface area contributed by atoms with Crippen LogP contribution in [0.3, 0.4) is 0 Å². The number of nitrogens with zero attached hydrogens (tertiary/aromatic N) is 2. The average Bonchev–Trinajstić information content (AvgIpc) is 2.58. The first-order valence-electron chi connectivity index (χ1n) is 8.11. The van der Waals surface area contributed by atoms with Crippen LogP contribution in [0.5, 0.6) is 5.75 Å². The average molecular weight is 321 g/mol. The Morgan fingerprint density at radius 2 is 1.79 bits per heavy atom. The van der Waals surface area contributed by atoms with Gasteiger partial charge >= 0.3 is 0 Å². The molecule has 0 aliphatic heterocycles. The lowest BCUT2D eigenvalue weighted by Gasteiger charge is -2.19. The fraction of sp³-hybridized carbons (Fsp3) is 0.300. The van der Waals surface area contributed by atoms with Crippen molar-refractivity contribution >= 4 is 16.7 Å². The molecule has 0 bridgehead atoms. The van der Waals surface area contributed by atoms with Crippen molar-refractivity contribution < 1.29 is 4.74 Å². The number of rotatable bonds is 4. The number of anilines is 1. The topological polar surface area (TPSA) is 47.0 Å². The largest absolute Gasteiger partial charge is 0.497 e. The highest BCUT2D eigenvalue weighted by atomic mass is 16.5. The molecule has 0 saturated carbocycles. The lowest BCUT2D eigenvalue weighted by Crippen LogP contribution is -2.17. The Bertz CT molecular complexity index is 853. The van der Waals surface area contributed by atoms with E-state index in [9.17, 15) is 0 Å². The van der Waals surface area contributed by atoms with Gasteiger partial charge in [0.25, 0.3) is 0 Å². The normalized spacial score (nSPS) is 11.5. The van der Waals surface area contributed by atoms with Crippen LogP contribution in [0, 0.1) is 0 Å². The Morgan fingerprint density at radius 3 is 2.54 bits per heavy atom. The second-order valence-electron chi connectivity index (χ2n) is 6.87. The Morgan fingerprint density at radius 1 is 1.00 bits per heavy atom. The lowest BCUT2D eigenvalue weighted by molar-refractivity contribution is 0.414. The highest BCUT2D eigenvalue weighted by molar-refractivity contribution is 5.89. The molecule has 0 amide bonds. The highest BCUT2D eigenvalue weighted by Gasteiger charge is 2.19. The van der Waals surface area contributed by atoms with Crippen LogP contribution in [0.4, 0.5) is 5.82 Å². The fourth-order valence-corrected chi connectivity index (χ4v) is 2.51. The third-order valence-electron chi connectivity index (χ3n) is 3.87. The predicted molar refractivity (Wildman–Crippen MR) is 98.6 cm³/mol. The molecule has 0 radical (unpaired) electrons. The Kier molecular flexibility index (Phi) is 4.38. The van der Waals surface area contributed by atoms with Gasteiger partial charge in [0.15, 0.2) is 0 Å². The maximum atomic E-state index is 5.29. The summed E-state index contributed by atoms with van der Waals surface area (Å²) < 4.78 is 5.29. The zero-order valence-corrected chi connectivity index (χ0v) is 14.6. The summed E-state index contributed by atoms with van der Waals surface area (Å²) in [7, 11) is 1.68. The second-order valence-corrected chi connectivity index (χ2v) is 6.87. The number of aromatic nitrogens is 2. The molecule has 3 aromatic rings. The summed E-state index contributed by atoms with van der Waals surface area (Å²) >= 11 is 0. The van der Waals surface area contributed by atoms with Crippen LogP contribution in [-0.2, 0) is 12.0 Å². The SMILES string of the molecule is COc1cccc(CNc2nc(C(C)(C)C)nc3ccccc23)c1. The van der Waals surface area contributed by atoms with Gasteiger partial charge in [-0.1, -0.05) is 45.0 Å². The second kappa shape index (κ2) is 6.48. The number of hydrogen-bond donors (Lipinski definition) is 1. The van der Waals surface area contributed by atoms with Gasteiger partial charge in [-0.05, 0) is 29.8 Å². The van der Waals surface area contributed by atoms with Gasteiger partial charge in [0.1, 0.15) is 17.4 Å². The quantitative estimate of drug-likeness (QED) is 0.766. The number of hydrogen-bond acceptors (Lipinski definition) is 4. The van der Waals surface area contributed by atoms with Crippen LogP contribution in [-0.4, -0.2) is 17.1 Å².